The summed E-state index contributed by atoms with van der Waals surface area (Å²) in [5, 5.41) is 13.2. The molecule has 0 saturated heterocycles. The molecule has 0 fully saturated rings. The fourth-order valence-corrected chi connectivity index (χ4v) is 6.09. The van der Waals surface area contributed by atoms with E-state index in [0.717, 1.165) is 80.8 Å². The second-order valence-electron chi connectivity index (χ2n) is 12.1. The van der Waals surface area contributed by atoms with Crippen molar-refractivity contribution in [3.63, 3.8) is 0 Å². The number of imidazole rings is 1. The van der Waals surface area contributed by atoms with Crippen LogP contribution in [-0.4, -0.2) is 40.3 Å². The van der Waals surface area contributed by atoms with Crippen molar-refractivity contribution >= 4 is 28.4 Å². The molecule has 0 aliphatic carbocycles. The summed E-state index contributed by atoms with van der Waals surface area (Å²) in [5.74, 6) is 0.215. The number of benzene rings is 4. The summed E-state index contributed by atoms with van der Waals surface area (Å²) in [6, 6.07) is 32.7. The van der Waals surface area contributed by atoms with Crippen LogP contribution in [0.4, 0.5) is 11.4 Å². The van der Waals surface area contributed by atoms with E-state index >= 15 is 0 Å². The number of hydrogen-bond acceptors (Lipinski definition) is 4. The molecule has 5 rings (SSSR count). The van der Waals surface area contributed by atoms with Gasteiger partial charge in [-0.1, -0.05) is 93.8 Å². The van der Waals surface area contributed by atoms with Gasteiger partial charge in [0.2, 0.25) is 0 Å². The SMILES string of the molecule is CCCCCN(CCCCNc1ccccc1)c1ccc2nc(CCCC)n(Cc3ccc(-c4ccccc4C(=O)O)cc3)c2c1. The number of fused-ring (bicyclic) bond motifs is 1. The molecule has 0 saturated carbocycles. The van der Waals surface area contributed by atoms with Crippen LogP contribution in [0.3, 0.4) is 0 Å². The first-order valence-electron chi connectivity index (χ1n) is 17.0. The van der Waals surface area contributed by atoms with Crippen LogP contribution in [0, 0.1) is 0 Å². The Morgan fingerprint density at radius 3 is 2.26 bits per heavy atom. The predicted octanol–water partition coefficient (Wildman–Crippen LogP) is 9.68. The lowest BCUT2D eigenvalue weighted by Gasteiger charge is -2.25. The van der Waals surface area contributed by atoms with Crippen LogP contribution in [0.25, 0.3) is 22.2 Å². The molecule has 0 unspecified atom stereocenters. The number of unbranched alkanes of at least 4 members (excludes halogenated alkanes) is 4. The van der Waals surface area contributed by atoms with Crippen LogP contribution < -0.4 is 10.2 Å². The van der Waals surface area contributed by atoms with Crippen molar-refractivity contribution in [2.45, 2.75) is 71.8 Å². The number of nitrogens with zero attached hydrogens (tertiary/aromatic N) is 3. The molecule has 6 nitrogen and oxygen atoms in total. The van der Waals surface area contributed by atoms with Crippen molar-refractivity contribution in [3.05, 3.63) is 114 Å². The third kappa shape index (κ3) is 8.57. The Kier molecular flexibility index (Phi) is 11.9. The van der Waals surface area contributed by atoms with Crippen molar-refractivity contribution in [1.82, 2.24) is 9.55 Å². The summed E-state index contributed by atoms with van der Waals surface area (Å²) in [5.41, 5.74) is 7.81. The molecule has 6 heteroatoms. The van der Waals surface area contributed by atoms with Gasteiger partial charge in [-0.15, -0.1) is 0 Å². The van der Waals surface area contributed by atoms with E-state index in [1.165, 1.54) is 41.7 Å². The lowest BCUT2D eigenvalue weighted by molar-refractivity contribution is 0.0697. The molecular formula is C40H48N4O2. The lowest BCUT2D eigenvalue weighted by atomic mass is 9.99. The molecule has 0 spiro atoms. The van der Waals surface area contributed by atoms with E-state index in [4.69, 9.17) is 4.98 Å². The highest BCUT2D eigenvalue weighted by atomic mass is 16.4. The van der Waals surface area contributed by atoms with E-state index in [-0.39, 0.29) is 0 Å². The number of para-hydroxylation sites is 1. The topological polar surface area (TPSA) is 70.4 Å². The Bertz CT molecular complexity index is 1680. The minimum absolute atomic E-state index is 0.321. The zero-order valence-electron chi connectivity index (χ0n) is 27.4. The minimum atomic E-state index is -0.909. The molecule has 0 bridgehead atoms. The number of aromatic nitrogens is 2. The summed E-state index contributed by atoms with van der Waals surface area (Å²) in [6.45, 7) is 8.27. The molecule has 240 valence electrons. The number of hydrogen-bond donors (Lipinski definition) is 2. The van der Waals surface area contributed by atoms with Gasteiger partial charge in [0, 0.05) is 44.0 Å². The number of carboxylic acid groups (broad SMARTS) is 1. The predicted molar refractivity (Wildman–Crippen MR) is 192 cm³/mol. The van der Waals surface area contributed by atoms with Gasteiger partial charge in [0.25, 0.3) is 0 Å². The molecule has 5 aromatic rings. The molecule has 0 amide bonds. The van der Waals surface area contributed by atoms with Gasteiger partial charge < -0.3 is 19.9 Å². The number of carboxylic acids is 1. The third-order valence-corrected chi connectivity index (χ3v) is 8.68. The van der Waals surface area contributed by atoms with Crippen LogP contribution in [0.2, 0.25) is 0 Å². The van der Waals surface area contributed by atoms with Crippen LogP contribution in [0.5, 0.6) is 0 Å². The van der Waals surface area contributed by atoms with Crippen molar-refractivity contribution in [2.24, 2.45) is 0 Å². The number of anilines is 2. The third-order valence-electron chi connectivity index (χ3n) is 8.68. The molecule has 0 atom stereocenters. The first-order chi connectivity index (χ1) is 22.6. The van der Waals surface area contributed by atoms with Crippen molar-refractivity contribution in [3.8, 4) is 11.1 Å². The Balaban J connectivity index is 1.36. The van der Waals surface area contributed by atoms with Gasteiger partial charge in [0.05, 0.1) is 16.6 Å². The molecule has 46 heavy (non-hydrogen) atoms. The number of carbonyl (C=O) groups is 1. The van der Waals surface area contributed by atoms with Crippen LogP contribution >= 0.6 is 0 Å². The molecule has 0 aliphatic rings. The maximum Gasteiger partial charge on any atom is 0.336 e. The van der Waals surface area contributed by atoms with Crippen LogP contribution in [-0.2, 0) is 13.0 Å². The summed E-state index contributed by atoms with van der Waals surface area (Å²) in [7, 11) is 0. The lowest BCUT2D eigenvalue weighted by Crippen LogP contribution is -2.26. The van der Waals surface area contributed by atoms with E-state index in [1.807, 2.05) is 24.3 Å². The smallest absolute Gasteiger partial charge is 0.336 e. The molecule has 0 radical (unpaired) electrons. The Labute approximate surface area is 274 Å². The highest BCUT2D eigenvalue weighted by Gasteiger charge is 2.15. The molecule has 0 aliphatic heterocycles. The molecular weight excluding hydrogens is 568 g/mol. The highest BCUT2D eigenvalue weighted by Crippen LogP contribution is 2.28. The number of nitrogens with one attached hydrogen (secondary N) is 1. The second-order valence-corrected chi connectivity index (χ2v) is 12.1. The second kappa shape index (κ2) is 16.6. The van der Waals surface area contributed by atoms with Gasteiger partial charge in [0.1, 0.15) is 5.82 Å². The van der Waals surface area contributed by atoms with Crippen LogP contribution in [0.1, 0.15) is 80.5 Å². The van der Waals surface area contributed by atoms with E-state index in [9.17, 15) is 9.90 Å². The van der Waals surface area contributed by atoms with E-state index in [1.54, 1.807) is 12.1 Å². The number of aromatic carboxylic acids is 1. The standard InChI is InChI=1S/C40H48N4O2/c1-3-5-13-27-43(28-14-12-26-41-33-15-8-7-9-16-33)34-24-25-37-38(29-34)44(39(42-37)19-6-4-2)30-31-20-22-32(23-21-31)35-17-10-11-18-36(35)40(45)46/h7-11,15-18,20-25,29,41H,3-6,12-14,19,26-28,30H2,1-2H3,(H,45,46). The molecule has 1 heterocycles. The largest absolute Gasteiger partial charge is 0.478 e. The number of aryl methyl sites for hydroxylation is 1. The quantitative estimate of drug-likeness (QED) is 0.0960. The summed E-state index contributed by atoms with van der Waals surface area (Å²) in [4.78, 5) is 19.5. The monoisotopic (exact) mass is 616 g/mol. The average Bonchev–Trinajstić information content (AvgIpc) is 3.43. The zero-order chi connectivity index (χ0) is 32.1. The Hall–Kier alpha value is -4.58. The maximum absolute atomic E-state index is 11.8. The normalized spacial score (nSPS) is 11.2. The molecule has 4 aromatic carbocycles. The molecule has 2 N–H and O–H groups in total. The first kappa shape index (κ1) is 32.8. The Morgan fingerprint density at radius 1 is 0.804 bits per heavy atom. The van der Waals surface area contributed by atoms with Crippen molar-refractivity contribution in [2.75, 3.05) is 29.9 Å². The summed E-state index contributed by atoms with van der Waals surface area (Å²) < 4.78 is 2.39. The van der Waals surface area contributed by atoms with Crippen molar-refractivity contribution < 1.29 is 9.90 Å². The van der Waals surface area contributed by atoms with Gasteiger partial charge in [-0.3, -0.25) is 0 Å². The Morgan fingerprint density at radius 2 is 1.52 bits per heavy atom. The van der Waals surface area contributed by atoms with Gasteiger partial charge in [-0.2, -0.15) is 0 Å². The zero-order valence-corrected chi connectivity index (χ0v) is 27.4. The van der Waals surface area contributed by atoms with Crippen molar-refractivity contribution in [1.29, 1.82) is 0 Å². The first-order valence-corrected chi connectivity index (χ1v) is 17.0. The van der Waals surface area contributed by atoms with Gasteiger partial charge in [-0.25, -0.2) is 9.78 Å². The van der Waals surface area contributed by atoms with Gasteiger partial charge >= 0.3 is 5.97 Å². The number of rotatable bonds is 18. The van der Waals surface area contributed by atoms with Gasteiger partial charge in [-0.05, 0) is 78.8 Å². The fourth-order valence-electron chi connectivity index (χ4n) is 6.09. The van der Waals surface area contributed by atoms with E-state index in [0.29, 0.717) is 5.56 Å². The van der Waals surface area contributed by atoms with Crippen LogP contribution in [0.15, 0.2) is 97.1 Å². The van der Waals surface area contributed by atoms with Gasteiger partial charge in [0.15, 0.2) is 0 Å². The summed E-state index contributed by atoms with van der Waals surface area (Å²) >= 11 is 0. The van der Waals surface area contributed by atoms with E-state index in [2.05, 4.69) is 89.3 Å². The fraction of sp³-hybridized carbons (Fsp3) is 0.350. The summed E-state index contributed by atoms with van der Waals surface area (Å²) in [6.07, 6.45) is 9.05. The maximum atomic E-state index is 11.8. The minimum Gasteiger partial charge on any atom is -0.478 e. The van der Waals surface area contributed by atoms with E-state index < -0.39 is 5.97 Å². The molecule has 1 aromatic heterocycles. The highest BCUT2D eigenvalue weighted by molar-refractivity contribution is 5.96. The average molecular weight is 617 g/mol.